The number of aliphatic hydroxyl groups excluding tert-OH is 2. The second-order valence-electron chi connectivity index (χ2n) is 8.54. The predicted octanol–water partition coefficient (Wildman–Crippen LogP) is 4.19. The normalized spacial score (nSPS) is 12.9. The lowest BCUT2D eigenvalue weighted by Gasteiger charge is -2.29. The van der Waals surface area contributed by atoms with Crippen molar-refractivity contribution in [3.63, 3.8) is 0 Å². The summed E-state index contributed by atoms with van der Waals surface area (Å²) in [6.45, 7) is -0.587. The van der Waals surface area contributed by atoms with Gasteiger partial charge in [0.1, 0.15) is 11.8 Å². The Bertz CT molecular complexity index is 1580. The Kier molecular flexibility index (Phi) is 6.46. The van der Waals surface area contributed by atoms with E-state index in [0.717, 1.165) is 10.8 Å². The molecule has 2 N–H and O–H groups in total. The number of aromatic nitrogens is 1. The molecule has 1 aromatic heterocycles. The Labute approximate surface area is 213 Å². The molecule has 0 spiro atoms. The Hall–Kier alpha value is -4.49. The first-order chi connectivity index (χ1) is 18.0. The summed E-state index contributed by atoms with van der Waals surface area (Å²) in [4.78, 5) is 30.6. The second-order valence-corrected chi connectivity index (χ2v) is 8.54. The lowest BCUT2D eigenvalue weighted by atomic mass is 9.90. The first-order valence-corrected chi connectivity index (χ1v) is 11.6. The van der Waals surface area contributed by atoms with Gasteiger partial charge in [0.25, 0.3) is 0 Å². The molecule has 186 valence electrons. The molecule has 4 aromatic rings. The average Bonchev–Trinajstić information content (AvgIpc) is 2.94. The smallest absolute Gasteiger partial charge is 0.237 e. The van der Waals surface area contributed by atoms with Crippen LogP contribution in [0.4, 0.5) is 11.5 Å². The van der Waals surface area contributed by atoms with Crippen molar-refractivity contribution in [2.45, 2.75) is 19.6 Å². The van der Waals surface area contributed by atoms with Crippen LogP contribution in [0.2, 0.25) is 0 Å². The molecule has 8 nitrogen and oxygen atoms in total. The van der Waals surface area contributed by atoms with Crippen molar-refractivity contribution < 1.29 is 29.3 Å². The summed E-state index contributed by atoms with van der Waals surface area (Å²) in [6.07, 6.45) is 1.50. The van der Waals surface area contributed by atoms with Crippen LogP contribution in [0, 0.1) is 0 Å². The topological polar surface area (TPSA) is 109 Å². The van der Waals surface area contributed by atoms with Crippen molar-refractivity contribution in [1.82, 2.24) is 4.98 Å². The van der Waals surface area contributed by atoms with Crippen LogP contribution in [-0.2, 0) is 22.8 Å². The lowest BCUT2D eigenvalue weighted by Crippen LogP contribution is -2.31. The van der Waals surface area contributed by atoms with Crippen molar-refractivity contribution in [3.05, 3.63) is 77.5 Å². The summed E-state index contributed by atoms with van der Waals surface area (Å²) in [5, 5.41) is 22.0. The maximum Gasteiger partial charge on any atom is 0.237 e. The van der Waals surface area contributed by atoms with Crippen LogP contribution >= 0.6 is 0 Å². The third-order valence-corrected chi connectivity index (χ3v) is 6.61. The minimum atomic E-state index is -0.313. The fraction of sp³-hybridized carbons (Fsp3) is 0.172. The summed E-state index contributed by atoms with van der Waals surface area (Å²) in [5.41, 5.74) is 3.96. The zero-order chi connectivity index (χ0) is 26.1. The molecule has 1 aliphatic heterocycles. The van der Waals surface area contributed by atoms with E-state index in [-0.39, 0.29) is 25.5 Å². The zero-order valence-corrected chi connectivity index (χ0v) is 20.3. The van der Waals surface area contributed by atoms with Crippen LogP contribution in [0.3, 0.4) is 0 Å². The Morgan fingerprint density at radius 1 is 1.00 bits per heavy atom. The van der Waals surface area contributed by atoms with E-state index < -0.39 is 0 Å². The van der Waals surface area contributed by atoms with Gasteiger partial charge < -0.3 is 19.7 Å². The Morgan fingerprint density at radius 3 is 2.46 bits per heavy atom. The molecule has 0 bridgehead atoms. The molecule has 0 radical (unpaired) electrons. The Balaban J connectivity index is 1.76. The third kappa shape index (κ3) is 4.03. The zero-order valence-electron chi connectivity index (χ0n) is 20.3. The van der Waals surface area contributed by atoms with Crippen LogP contribution < -0.4 is 14.4 Å². The van der Waals surface area contributed by atoms with Crippen LogP contribution in [0.1, 0.15) is 23.1 Å². The van der Waals surface area contributed by atoms with Crippen LogP contribution in [0.5, 0.6) is 11.5 Å². The number of methoxy groups -OCH3 is 2. The number of rotatable bonds is 6. The fourth-order valence-electron chi connectivity index (χ4n) is 4.90. The van der Waals surface area contributed by atoms with E-state index in [0.29, 0.717) is 56.4 Å². The number of fused-ring (bicyclic) bond motifs is 2. The summed E-state index contributed by atoms with van der Waals surface area (Å²) < 4.78 is 11.0. The van der Waals surface area contributed by atoms with Crippen LogP contribution in [-0.4, -0.2) is 41.3 Å². The number of para-hydroxylation sites is 1. The molecule has 1 amide bonds. The van der Waals surface area contributed by atoms with E-state index in [4.69, 9.17) is 9.47 Å². The number of hydrogen-bond donors (Lipinski definition) is 2. The van der Waals surface area contributed by atoms with Gasteiger partial charge in [0.15, 0.2) is 11.5 Å². The number of pyridine rings is 1. The summed E-state index contributed by atoms with van der Waals surface area (Å²) in [6, 6.07) is 16.1. The minimum Gasteiger partial charge on any atom is -0.493 e. The molecule has 0 unspecified atom stereocenters. The predicted molar refractivity (Wildman–Crippen MR) is 139 cm³/mol. The van der Waals surface area contributed by atoms with Crippen molar-refractivity contribution in [1.29, 1.82) is 0 Å². The quantitative estimate of drug-likeness (QED) is 0.385. The van der Waals surface area contributed by atoms with Gasteiger partial charge in [-0.05, 0) is 69.4 Å². The number of ether oxygens (including phenoxy) is 2. The molecule has 0 aliphatic carbocycles. The van der Waals surface area contributed by atoms with Gasteiger partial charge >= 0.3 is 0 Å². The van der Waals surface area contributed by atoms with Gasteiger partial charge in [-0.2, -0.15) is 0 Å². The third-order valence-electron chi connectivity index (χ3n) is 6.61. The molecule has 3 aromatic carbocycles. The van der Waals surface area contributed by atoms with Crippen LogP contribution in [0.25, 0.3) is 27.5 Å². The van der Waals surface area contributed by atoms with Crippen molar-refractivity contribution >= 4 is 39.7 Å². The number of aliphatic hydroxyl groups is 2. The van der Waals surface area contributed by atoms with Crippen LogP contribution in [0.15, 0.2) is 60.8 Å². The highest BCUT2D eigenvalue weighted by Gasteiger charge is 2.30. The highest BCUT2D eigenvalue weighted by molar-refractivity contribution is 6.15. The minimum absolute atomic E-state index is 0.0891. The molecule has 8 heteroatoms. The number of carbonyl (C=O) groups is 1. The highest BCUT2D eigenvalue weighted by atomic mass is 16.5. The number of hydrogen-bond acceptors (Lipinski definition) is 7. The van der Waals surface area contributed by atoms with Gasteiger partial charge in [-0.3, -0.25) is 9.69 Å². The summed E-state index contributed by atoms with van der Waals surface area (Å²) >= 11 is 0. The molecular weight excluding hydrogens is 472 g/mol. The SMILES string of the molecule is COc1cc2cc(CO)c(CO)c(-c3ccnc(N4C(=O)CC(=C=O)c5ccccc54)c3)c2cc1OC. The average molecular weight is 497 g/mol. The van der Waals surface area contributed by atoms with Gasteiger partial charge in [0, 0.05) is 11.8 Å². The molecule has 5 rings (SSSR count). The van der Waals surface area contributed by atoms with Gasteiger partial charge in [-0.15, -0.1) is 0 Å². The fourth-order valence-corrected chi connectivity index (χ4v) is 4.90. The number of benzene rings is 3. The maximum atomic E-state index is 13.1. The van der Waals surface area contributed by atoms with Crippen molar-refractivity contribution in [2.24, 2.45) is 0 Å². The van der Waals surface area contributed by atoms with Crippen molar-refractivity contribution in [3.8, 4) is 22.6 Å². The standard InChI is InChI=1S/C29H24N2O6/c1-36-25-10-18-9-19(14-32)23(16-34)29(22(18)13-26(25)37-2)17-7-8-30-27(11-17)31-24-6-4-3-5-21(24)20(15-33)12-28(31)35/h3-11,13,32,34H,12,14,16H2,1-2H3. The lowest BCUT2D eigenvalue weighted by molar-refractivity contribution is -0.117. The van der Waals surface area contributed by atoms with E-state index in [9.17, 15) is 19.8 Å². The van der Waals surface area contributed by atoms with Gasteiger partial charge in [-0.25, -0.2) is 9.78 Å². The van der Waals surface area contributed by atoms with E-state index >= 15 is 0 Å². The van der Waals surface area contributed by atoms with E-state index in [2.05, 4.69) is 4.98 Å². The van der Waals surface area contributed by atoms with Gasteiger partial charge in [0.2, 0.25) is 5.91 Å². The van der Waals surface area contributed by atoms with Gasteiger partial charge in [-0.1, -0.05) is 18.2 Å². The molecule has 0 atom stereocenters. The monoisotopic (exact) mass is 496 g/mol. The molecule has 2 heterocycles. The molecule has 0 fully saturated rings. The summed E-state index contributed by atoms with van der Waals surface area (Å²) in [7, 11) is 3.10. The molecular formula is C29H24N2O6. The summed E-state index contributed by atoms with van der Waals surface area (Å²) in [5.74, 6) is 3.01. The molecule has 0 saturated heterocycles. The molecule has 0 saturated carbocycles. The number of amides is 1. The maximum absolute atomic E-state index is 13.1. The number of anilines is 2. The Morgan fingerprint density at radius 2 is 1.76 bits per heavy atom. The first-order valence-electron chi connectivity index (χ1n) is 11.6. The van der Waals surface area contributed by atoms with Gasteiger partial charge in [0.05, 0.1) is 45.1 Å². The van der Waals surface area contributed by atoms with E-state index in [1.54, 1.807) is 56.8 Å². The molecule has 1 aliphatic rings. The second kappa shape index (κ2) is 9.87. The molecule has 37 heavy (non-hydrogen) atoms. The van der Waals surface area contributed by atoms with E-state index in [1.807, 2.05) is 24.1 Å². The first kappa shape index (κ1) is 24.2. The number of nitrogens with zero attached hydrogens (tertiary/aromatic N) is 2. The highest BCUT2D eigenvalue weighted by Crippen LogP contribution is 2.43. The largest absolute Gasteiger partial charge is 0.493 e. The van der Waals surface area contributed by atoms with Crippen molar-refractivity contribution in [2.75, 3.05) is 19.1 Å². The van der Waals surface area contributed by atoms with E-state index in [1.165, 1.54) is 4.90 Å². The number of carbonyl (C=O) groups excluding carboxylic acids is 2.